The van der Waals surface area contributed by atoms with Gasteiger partial charge in [0, 0.05) is 5.56 Å². The molecular formula is C17H18F6N2O4. The maximum atomic E-state index is 12.9. The lowest BCUT2D eigenvalue weighted by Gasteiger charge is -2.20. The molecule has 0 aliphatic rings. The van der Waals surface area contributed by atoms with E-state index in [1.165, 1.54) is 13.8 Å². The lowest BCUT2D eigenvalue weighted by Crippen LogP contribution is -2.46. The van der Waals surface area contributed by atoms with Crippen molar-refractivity contribution in [2.45, 2.75) is 38.7 Å². The van der Waals surface area contributed by atoms with E-state index in [0.717, 1.165) is 0 Å². The molecule has 0 saturated heterocycles. The van der Waals surface area contributed by atoms with Crippen LogP contribution in [0, 0.1) is 5.92 Å². The van der Waals surface area contributed by atoms with Crippen LogP contribution in [0.3, 0.4) is 0 Å². The Labute approximate surface area is 161 Å². The Hall–Kier alpha value is -2.79. The van der Waals surface area contributed by atoms with E-state index in [-0.39, 0.29) is 31.2 Å². The average Bonchev–Trinajstić information content (AvgIpc) is 2.59. The number of nitrogens with one attached hydrogen (secondary N) is 1. The molecule has 29 heavy (non-hydrogen) atoms. The monoisotopic (exact) mass is 428 g/mol. The molecule has 162 valence electrons. The fourth-order valence-corrected chi connectivity index (χ4v) is 2.31. The topological polar surface area (TPSA) is 98.5 Å². The summed E-state index contributed by atoms with van der Waals surface area (Å²) in [6.07, 6.45) is -10.6. The summed E-state index contributed by atoms with van der Waals surface area (Å²) in [5.74, 6) is -4.15. The number of hydrogen-bond donors (Lipinski definition) is 2. The third kappa shape index (κ3) is 6.95. The molecule has 0 unspecified atom stereocenters. The highest BCUT2D eigenvalue weighted by Gasteiger charge is 2.38. The van der Waals surface area contributed by atoms with Crippen LogP contribution in [0.5, 0.6) is 0 Å². The summed E-state index contributed by atoms with van der Waals surface area (Å²) >= 11 is 0. The van der Waals surface area contributed by atoms with Gasteiger partial charge in [-0.2, -0.15) is 26.3 Å². The van der Waals surface area contributed by atoms with Crippen molar-refractivity contribution >= 4 is 17.8 Å². The summed E-state index contributed by atoms with van der Waals surface area (Å²) in [6, 6.07) is -1.22. The van der Waals surface area contributed by atoms with Gasteiger partial charge < -0.3 is 15.8 Å². The fraction of sp³-hybridized carbons (Fsp3) is 0.471. The molecule has 0 saturated carbocycles. The van der Waals surface area contributed by atoms with Crippen molar-refractivity contribution in [2.75, 3.05) is 6.61 Å². The molecular weight excluding hydrogens is 410 g/mol. The van der Waals surface area contributed by atoms with Crippen LogP contribution in [-0.4, -0.2) is 30.4 Å². The minimum atomic E-state index is -5.14. The van der Waals surface area contributed by atoms with Crippen LogP contribution in [0.2, 0.25) is 0 Å². The molecule has 2 atom stereocenters. The minimum absolute atomic E-state index is 0.0429. The van der Waals surface area contributed by atoms with Crippen LogP contribution in [-0.2, 0) is 26.7 Å². The SMILES string of the molecule is CCOC(=O)[C@H](C)C[C@@H](NC(=O)c1cc(C(F)(F)F)cc(C(F)(F)F)c1)C(N)=O. The van der Waals surface area contributed by atoms with E-state index in [1.54, 1.807) is 0 Å². The number of carbonyl (C=O) groups excluding carboxylic acids is 3. The molecule has 1 rings (SSSR count). The zero-order chi connectivity index (χ0) is 22.6. The number of rotatable bonds is 7. The van der Waals surface area contributed by atoms with Gasteiger partial charge in [0.25, 0.3) is 5.91 Å². The summed E-state index contributed by atoms with van der Waals surface area (Å²) < 4.78 is 82.1. The molecule has 1 aromatic rings. The number of alkyl halides is 6. The van der Waals surface area contributed by atoms with Crippen molar-refractivity contribution < 1.29 is 45.5 Å². The van der Waals surface area contributed by atoms with E-state index in [9.17, 15) is 40.7 Å². The van der Waals surface area contributed by atoms with Crippen LogP contribution < -0.4 is 11.1 Å². The smallest absolute Gasteiger partial charge is 0.416 e. The number of primary amides is 1. The Kier molecular flexibility index (Phi) is 7.64. The van der Waals surface area contributed by atoms with Gasteiger partial charge in [0.2, 0.25) is 5.91 Å². The number of hydrogen-bond acceptors (Lipinski definition) is 4. The number of esters is 1. The Bertz CT molecular complexity index is 744. The van der Waals surface area contributed by atoms with Crippen LogP contribution in [0.25, 0.3) is 0 Å². The molecule has 0 aliphatic heterocycles. The summed E-state index contributed by atoms with van der Waals surface area (Å²) in [5.41, 5.74) is 0.774. The fourth-order valence-electron chi connectivity index (χ4n) is 2.31. The number of nitrogens with two attached hydrogens (primary N) is 1. The molecule has 0 spiro atoms. The molecule has 0 bridgehead atoms. The molecule has 0 aromatic heterocycles. The summed E-state index contributed by atoms with van der Waals surface area (Å²) in [7, 11) is 0. The third-order valence-corrected chi connectivity index (χ3v) is 3.78. The first kappa shape index (κ1) is 24.2. The van der Waals surface area contributed by atoms with E-state index in [2.05, 4.69) is 0 Å². The first-order valence-corrected chi connectivity index (χ1v) is 8.23. The lowest BCUT2D eigenvalue weighted by molar-refractivity contribution is -0.148. The first-order valence-electron chi connectivity index (χ1n) is 8.23. The lowest BCUT2D eigenvalue weighted by atomic mass is 10.00. The summed E-state index contributed by atoms with van der Waals surface area (Å²) in [5, 5.41) is 1.96. The number of amides is 2. The van der Waals surface area contributed by atoms with Gasteiger partial charge in [-0.05, 0) is 31.5 Å². The second kappa shape index (κ2) is 9.14. The number of carbonyl (C=O) groups is 3. The molecule has 12 heteroatoms. The number of halogens is 6. The standard InChI is InChI=1S/C17H18F6N2O4/c1-3-29-15(28)8(2)4-12(13(24)26)25-14(27)9-5-10(16(18,19)20)7-11(6-9)17(21,22)23/h5-8,12H,3-4H2,1-2H3,(H2,24,26)(H,25,27)/t8-,12-/m1/s1. The molecule has 0 fully saturated rings. The largest absolute Gasteiger partial charge is 0.466 e. The van der Waals surface area contributed by atoms with Crippen LogP contribution in [0.15, 0.2) is 18.2 Å². The van der Waals surface area contributed by atoms with Gasteiger partial charge in [-0.15, -0.1) is 0 Å². The average molecular weight is 428 g/mol. The van der Waals surface area contributed by atoms with Gasteiger partial charge in [0.15, 0.2) is 0 Å². The van der Waals surface area contributed by atoms with E-state index >= 15 is 0 Å². The van der Waals surface area contributed by atoms with Crippen molar-refractivity contribution in [2.24, 2.45) is 11.7 Å². The molecule has 0 heterocycles. The van der Waals surface area contributed by atoms with E-state index in [4.69, 9.17) is 10.5 Å². The molecule has 1 aromatic carbocycles. The Morgan fingerprint density at radius 3 is 1.90 bits per heavy atom. The highest BCUT2D eigenvalue weighted by molar-refractivity contribution is 5.97. The van der Waals surface area contributed by atoms with Gasteiger partial charge in [0.05, 0.1) is 23.7 Å². The Morgan fingerprint density at radius 2 is 1.52 bits per heavy atom. The quantitative estimate of drug-likeness (QED) is 0.516. The number of ether oxygens (including phenoxy) is 1. The molecule has 2 amide bonds. The molecule has 0 radical (unpaired) electrons. The van der Waals surface area contributed by atoms with Crippen LogP contribution in [0.1, 0.15) is 41.8 Å². The molecule has 6 nitrogen and oxygen atoms in total. The Balaban J connectivity index is 3.17. The van der Waals surface area contributed by atoms with Gasteiger partial charge in [-0.3, -0.25) is 14.4 Å². The van der Waals surface area contributed by atoms with Gasteiger partial charge in [0.1, 0.15) is 6.04 Å². The van der Waals surface area contributed by atoms with Gasteiger partial charge in [-0.25, -0.2) is 0 Å². The normalized spacial score (nSPS) is 14.1. The van der Waals surface area contributed by atoms with Crippen molar-refractivity contribution in [3.05, 3.63) is 34.9 Å². The van der Waals surface area contributed by atoms with E-state index in [0.29, 0.717) is 0 Å². The van der Waals surface area contributed by atoms with Crippen molar-refractivity contribution in [1.82, 2.24) is 5.32 Å². The zero-order valence-corrected chi connectivity index (χ0v) is 15.3. The highest BCUT2D eigenvalue weighted by Crippen LogP contribution is 2.36. The summed E-state index contributed by atoms with van der Waals surface area (Å²) in [4.78, 5) is 35.4. The third-order valence-electron chi connectivity index (χ3n) is 3.78. The molecule has 3 N–H and O–H groups in total. The maximum absolute atomic E-state index is 12.9. The number of benzene rings is 1. The first-order chi connectivity index (χ1) is 13.2. The minimum Gasteiger partial charge on any atom is -0.466 e. The molecule has 0 aliphatic carbocycles. The van der Waals surface area contributed by atoms with Gasteiger partial charge >= 0.3 is 18.3 Å². The van der Waals surface area contributed by atoms with Gasteiger partial charge in [-0.1, -0.05) is 6.92 Å². The van der Waals surface area contributed by atoms with Crippen molar-refractivity contribution in [1.29, 1.82) is 0 Å². The predicted molar refractivity (Wildman–Crippen MR) is 87.3 cm³/mol. The van der Waals surface area contributed by atoms with Crippen LogP contribution >= 0.6 is 0 Å². The zero-order valence-electron chi connectivity index (χ0n) is 15.3. The van der Waals surface area contributed by atoms with E-state index in [1.807, 2.05) is 5.32 Å². The second-order valence-corrected chi connectivity index (χ2v) is 6.11. The van der Waals surface area contributed by atoms with Crippen molar-refractivity contribution in [3.63, 3.8) is 0 Å². The second-order valence-electron chi connectivity index (χ2n) is 6.11. The van der Waals surface area contributed by atoms with Crippen LogP contribution in [0.4, 0.5) is 26.3 Å². The predicted octanol–water partition coefficient (Wildman–Crippen LogP) is 2.90. The van der Waals surface area contributed by atoms with Crippen molar-refractivity contribution in [3.8, 4) is 0 Å². The van der Waals surface area contributed by atoms with E-state index < -0.39 is 58.8 Å². The maximum Gasteiger partial charge on any atom is 0.416 e. The summed E-state index contributed by atoms with van der Waals surface area (Å²) in [6.45, 7) is 2.93. The highest BCUT2D eigenvalue weighted by atomic mass is 19.4. The Morgan fingerprint density at radius 1 is 1.03 bits per heavy atom.